The predicted molar refractivity (Wildman–Crippen MR) is 132 cm³/mol. The normalized spacial score (nSPS) is 14.3. The summed E-state index contributed by atoms with van der Waals surface area (Å²) in [4.78, 5) is 40.9. The highest BCUT2D eigenvalue weighted by molar-refractivity contribution is 5.92. The molecule has 0 aliphatic carbocycles. The number of ether oxygens (including phenoxy) is 1. The molecule has 186 valence electrons. The van der Waals surface area contributed by atoms with Crippen LogP contribution in [0.15, 0.2) is 18.2 Å². The van der Waals surface area contributed by atoms with Crippen LogP contribution < -0.4 is 10.6 Å². The number of rotatable bonds is 9. The third-order valence-electron chi connectivity index (χ3n) is 5.51. The quantitative estimate of drug-likeness (QED) is 0.560. The lowest BCUT2D eigenvalue weighted by atomic mass is 9.93. The van der Waals surface area contributed by atoms with E-state index in [-0.39, 0.29) is 23.8 Å². The molecule has 3 amide bonds. The smallest absolute Gasteiger partial charge is 0.408 e. The van der Waals surface area contributed by atoms with Crippen LogP contribution in [0.5, 0.6) is 0 Å². The van der Waals surface area contributed by atoms with Crippen molar-refractivity contribution in [3.8, 4) is 0 Å². The number of hydrogen-bond donors (Lipinski definition) is 2. The maximum atomic E-state index is 13.6. The average molecular weight is 462 g/mol. The second-order valence-electron chi connectivity index (χ2n) is 10.2. The van der Waals surface area contributed by atoms with Gasteiger partial charge in [0.1, 0.15) is 17.7 Å². The first-order valence-corrected chi connectivity index (χ1v) is 11.8. The minimum absolute atomic E-state index is 0.0152. The molecule has 33 heavy (non-hydrogen) atoms. The first kappa shape index (κ1) is 28.5. The lowest BCUT2D eigenvalue weighted by molar-refractivity contribution is -0.141. The van der Waals surface area contributed by atoms with Crippen molar-refractivity contribution in [1.29, 1.82) is 0 Å². The summed E-state index contributed by atoms with van der Waals surface area (Å²) in [7, 11) is 1.62. The van der Waals surface area contributed by atoms with Crippen LogP contribution in [0.3, 0.4) is 0 Å². The molecule has 0 radical (unpaired) electrons. The number of nitrogens with zero attached hydrogens (tertiary/aromatic N) is 1. The SMILES string of the molecule is CCCC(C)NC(=O)C(c1c(C)cccc1C)N(C)C(=O)C(NC(=O)OC(C)(C)C)C(C)C. The maximum Gasteiger partial charge on any atom is 0.408 e. The minimum atomic E-state index is -0.836. The van der Waals surface area contributed by atoms with E-state index in [0.717, 1.165) is 29.5 Å². The van der Waals surface area contributed by atoms with E-state index in [0.29, 0.717) is 0 Å². The molecule has 3 atom stereocenters. The van der Waals surface area contributed by atoms with Crippen molar-refractivity contribution in [3.63, 3.8) is 0 Å². The molecule has 0 fully saturated rings. The zero-order valence-corrected chi connectivity index (χ0v) is 22.0. The highest BCUT2D eigenvalue weighted by atomic mass is 16.6. The van der Waals surface area contributed by atoms with E-state index < -0.39 is 23.8 Å². The van der Waals surface area contributed by atoms with Gasteiger partial charge in [0.15, 0.2) is 0 Å². The summed E-state index contributed by atoms with van der Waals surface area (Å²) in [6, 6.07) is 4.15. The van der Waals surface area contributed by atoms with Crippen LogP contribution >= 0.6 is 0 Å². The number of carbonyl (C=O) groups excluding carboxylic acids is 3. The number of amides is 3. The summed E-state index contributed by atoms with van der Waals surface area (Å²) < 4.78 is 5.36. The van der Waals surface area contributed by atoms with Gasteiger partial charge in [-0.3, -0.25) is 9.59 Å². The Bertz CT molecular complexity index is 809. The Balaban J connectivity index is 3.34. The van der Waals surface area contributed by atoms with Crippen molar-refractivity contribution in [2.24, 2.45) is 5.92 Å². The Morgan fingerprint density at radius 2 is 1.58 bits per heavy atom. The molecule has 0 aliphatic heterocycles. The molecule has 1 aromatic rings. The fourth-order valence-corrected chi connectivity index (χ4v) is 3.88. The molecule has 0 aromatic heterocycles. The Hall–Kier alpha value is -2.57. The number of likely N-dealkylation sites (N-methyl/N-ethyl adjacent to an activating group) is 1. The molecule has 0 saturated carbocycles. The fraction of sp³-hybridized carbons (Fsp3) is 0.654. The van der Waals surface area contributed by atoms with Crippen molar-refractivity contribution in [3.05, 3.63) is 34.9 Å². The summed E-state index contributed by atoms with van der Waals surface area (Å²) >= 11 is 0. The average Bonchev–Trinajstić information content (AvgIpc) is 2.66. The van der Waals surface area contributed by atoms with Crippen molar-refractivity contribution in [2.45, 2.75) is 98.9 Å². The summed E-state index contributed by atoms with van der Waals surface area (Å²) in [5, 5.41) is 5.77. The summed E-state index contributed by atoms with van der Waals surface area (Å²) in [6.07, 6.45) is 1.13. The molecule has 0 spiro atoms. The van der Waals surface area contributed by atoms with Gasteiger partial charge < -0.3 is 20.3 Å². The van der Waals surface area contributed by atoms with Crippen LogP contribution in [0.25, 0.3) is 0 Å². The Labute approximate surface area is 199 Å². The van der Waals surface area contributed by atoms with Crippen molar-refractivity contribution in [2.75, 3.05) is 7.05 Å². The molecule has 7 heteroatoms. The highest BCUT2D eigenvalue weighted by Crippen LogP contribution is 2.28. The largest absolute Gasteiger partial charge is 0.444 e. The van der Waals surface area contributed by atoms with Gasteiger partial charge in [-0.2, -0.15) is 0 Å². The molecule has 1 rings (SSSR count). The fourth-order valence-electron chi connectivity index (χ4n) is 3.88. The molecule has 2 N–H and O–H groups in total. The maximum absolute atomic E-state index is 13.6. The van der Waals surface area contributed by atoms with Gasteiger partial charge in [-0.05, 0) is 70.6 Å². The molecule has 0 saturated heterocycles. The summed E-state index contributed by atoms with van der Waals surface area (Å²) in [5.41, 5.74) is 1.98. The number of carbonyl (C=O) groups is 3. The first-order chi connectivity index (χ1) is 15.2. The molecule has 0 aliphatic rings. The number of alkyl carbamates (subject to hydrolysis) is 1. The van der Waals surface area contributed by atoms with Crippen LogP contribution in [-0.2, 0) is 14.3 Å². The first-order valence-electron chi connectivity index (χ1n) is 11.8. The van der Waals surface area contributed by atoms with Gasteiger partial charge in [0.25, 0.3) is 0 Å². The molecule has 0 bridgehead atoms. The summed E-state index contributed by atoms with van der Waals surface area (Å²) in [5.74, 6) is -0.779. The van der Waals surface area contributed by atoms with Crippen LogP contribution in [0.2, 0.25) is 0 Å². The predicted octanol–water partition coefficient (Wildman–Crippen LogP) is 4.66. The van der Waals surface area contributed by atoms with Gasteiger partial charge in [-0.15, -0.1) is 0 Å². The van der Waals surface area contributed by atoms with E-state index in [1.54, 1.807) is 27.8 Å². The number of aryl methyl sites for hydroxylation is 2. The van der Waals surface area contributed by atoms with E-state index in [9.17, 15) is 14.4 Å². The van der Waals surface area contributed by atoms with Gasteiger partial charge in [0.2, 0.25) is 11.8 Å². The molecule has 0 heterocycles. The van der Waals surface area contributed by atoms with Crippen molar-refractivity contribution in [1.82, 2.24) is 15.5 Å². The monoisotopic (exact) mass is 461 g/mol. The zero-order valence-electron chi connectivity index (χ0n) is 22.0. The molecule has 1 aromatic carbocycles. The molecular formula is C26H43N3O4. The Kier molecular flexibility index (Phi) is 10.4. The van der Waals surface area contributed by atoms with Crippen molar-refractivity contribution < 1.29 is 19.1 Å². The zero-order chi connectivity index (χ0) is 25.5. The second kappa shape index (κ2) is 12.1. The van der Waals surface area contributed by atoms with Crippen LogP contribution in [-0.4, -0.2) is 47.5 Å². The van der Waals surface area contributed by atoms with Gasteiger partial charge >= 0.3 is 6.09 Å². The lowest BCUT2D eigenvalue weighted by Gasteiger charge is -2.34. The van der Waals surface area contributed by atoms with Crippen LogP contribution in [0, 0.1) is 19.8 Å². The molecular weight excluding hydrogens is 418 g/mol. The van der Waals surface area contributed by atoms with Gasteiger partial charge in [-0.25, -0.2) is 4.79 Å². The van der Waals surface area contributed by atoms with Crippen LogP contribution in [0.4, 0.5) is 4.79 Å². The van der Waals surface area contributed by atoms with Gasteiger partial charge in [0.05, 0.1) is 0 Å². The Morgan fingerprint density at radius 1 is 1.03 bits per heavy atom. The van der Waals surface area contributed by atoms with E-state index >= 15 is 0 Å². The van der Waals surface area contributed by atoms with E-state index in [4.69, 9.17) is 4.74 Å². The number of benzene rings is 1. The standard InChI is InChI=1S/C26H43N3O4/c1-11-13-19(6)27-23(30)22(20-17(4)14-12-15-18(20)5)29(10)24(31)21(16(2)3)28-25(32)33-26(7,8)9/h12,14-16,19,21-22H,11,13H2,1-10H3,(H,27,30)(H,28,32). The lowest BCUT2D eigenvalue weighted by Crippen LogP contribution is -2.54. The summed E-state index contributed by atoms with van der Waals surface area (Å²) in [6.45, 7) is 16.9. The topological polar surface area (TPSA) is 87.7 Å². The third-order valence-corrected chi connectivity index (χ3v) is 5.51. The van der Waals surface area contributed by atoms with E-state index in [2.05, 4.69) is 17.6 Å². The van der Waals surface area contributed by atoms with Gasteiger partial charge in [-0.1, -0.05) is 45.4 Å². The van der Waals surface area contributed by atoms with Crippen LogP contribution in [0.1, 0.15) is 84.0 Å². The Morgan fingerprint density at radius 3 is 2.03 bits per heavy atom. The van der Waals surface area contributed by atoms with Gasteiger partial charge in [0, 0.05) is 13.1 Å². The van der Waals surface area contributed by atoms with E-state index in [1.807, 2.05) is 52.8 Å². The third kappa shape index (κ3) is 8.37. The second-order valence-corrected chi connectivity index (χ2v) is 10.2. The van der Waals surface area contributed by atoms with Crippen molar-refractivity contribution >= 4 is 17.9 Å². The minimum Gasteiger partial charge on any atom is -0.444 e. The molecule has 7 nitrogen and oxygen atoms in total. The number of hydrogen-bond acceptors (Lipinski definition) is 4. The number of nitrogens with one attached hydrogen (secondary N) is 2. The molecule has 3 unspecified atom stereocenters. The van der Waals surface area contributed by atoms with E-state index in [1.165, 1.54) is 4.90 Å². The highest BCUT2D eigenvalue weighted by Gasteiger charge is 2.36.